The quantitative estimate of drug-likeness (QED) is 0.284. The van der Waals surface area contributed by atoms with Crippen LogP contribution in [-0.4, -0.2) is 35.8 Å². The normalized spacial score (nSPS) is 19.1. The van der Waals surface area contributed by atoms with Crippen molar-refractivity contribution in [1.82, 2.24) is 4.48 Å². The van der Waals surface area contributed by atoms with E-state index in [2.05, 4.69) is 16.6 Å². The topological polar surface area (TPSA) is 84.3 Å². The lowest BCUT2D eigenvalue weighted by atomic mass is 9.86. The van der Waals surface area contributed by atoms with Gasteiger partial charge in [-0.25, -0.2) is 13.2 Å². The van der Waals surface area contributed by atoms with Gasteiger partial charge in [0.25, 0.3) is 0 Å². The average molecular weight is 547 g/mol. The van der Waals surface area contributed by atoms with Crippen LogP contribution < -0.4 is 10.3 Å². The molecule has 3 aliphatic rings. The van der Waals surface area contributed by atoms with Crippen molar-refractivity contribution in [2.75, 3.05) is 10.5 Å². The second kappa shape index (κ2) is 8.42. The Kier molecular flexibility index (Phi) is 5.42. The lowest BCUT2D eigenvalue weighted by Crippen LogP contribution is -2.51. The van der Waals surface area contributed by atoms with Crippen LogP contribution in [-0.2, 0) is 10.0 Å². The van der Waals surface area contributed by atoms with E-state index in [-0.39, 0.29) is 23.3 Å². The number of aromatic nitrogens is 1. The molecule has 0 aliphatic carbocycles. The molecule has 0 bridgehead atoms. The molecule has 0 saturated heterocycles. The van der Waals surface area contributed by atoms with Crippen molar-refractivity contribution in [2.45, 2.75) is 34.1 Å². The Morgan fingerprint density at radius 3 is 2.67 bits per heavy atom. The predicted octanol–water partition coefficient (Wildman–Crippen LogP) is 4.80. The van der Waals surface area contributed by atoms with Gasteiger partial charge < -0.3 is 22.0 Å². The molecule has 6 rings (SSSR count). The number of hydrogen-bond donors (Lipinski definition) is 1. The maximum atomic E-state index is 15.8. The van der Waals surface area contributed by atoms with Crippen LogP contribution in [0.15, 0.2) is 56.9 Å². The zero-order valence-corrected chi connectivity index (χ0v) is 22.5. The monoisotopic (exact) mass is 547 g/mol. The molecule has 3 aliphatic heterocycles. The van der Waals surface area contributed by atoms with Gasteiger partial charge in [-0.1, -0.05) is 11.8 Å². The van der Waals surface area contributed by atoms with Crippen molar-refractivity contribution < 1.29 is 26.0 Å². The van der Waals surface area contributed by atoms with Crippen LogP contribution in [0, 0.1) is 25.7 Å². The second-order valence-electron chi connectivity index (χ2n) is 10.1. The molecule has 3 aromatic rings. The summed E-state index contributed by atoms with van der Waals surface area (Å²) in [5.74, 6) is 5.62. The standard InChI is InChI=1S/C28H24BF2N3O4S/c1-16-11-18(3)33-26(16)23(27-17(2)12-19(4)34(27)29(33,30)31)9-8-21-13-22-14-24-20(15-25(22)38-28(21)35)7-5-6-10-39(36,37)32-24/h8-9,11-15,32H,6,10H2,1-4H3. The fourth-order valence-corrected chi connectivity index (χ4v) is 6.70. The maximum absolute atomic E-state index is 15.8. The fourth-order valence-electron chi connectivity index (χ4n) is 5.73. The largest absolute Gasteiger partial charge is 0.737 e. The van der Waals surface area contributed by atoms with E-state index in [1.54, 1.807) is 70.2 Å². The van der Waals surface area contributed by atoms with E-state index in [1.165, 1.54) is 0 Å². The van der Waals surface area contributed by atoms with Gasteiger partial charge in [-0.15, -0.1) is 0 Å². The third kappa shape index (κ3) is 3.89. The summed E-state index contributed by atoms with van der Waals surface area (Å²) in [6, 6.07) is 6.45. The van der Waals surface area contributed by atoms with Gasteiger partial charge in [-0.05, 0) is 68.4 Å². The Hall–Kier alpha value is -4.17. The van der Waals surface area contributed by atoms with Gasteiger partial charge >= 0.3 is 12.6 Å². The number of anilines is 1. The molecule has 1 N–H and O–H groups in total. The predicted molar refractivity (Wildman–Crippen MR) is 149 cm³/mol. The Bertz CT molecular complexity index is 2000. The molecule has 2 aromatic heterocycles. The summed E-state index contributed by atoms with van der Waals surface area (Å²) in [6.45, 7) is 2.80. The van der Waals surface area contributed by atoms with E-state index in [1.807, 2.05) is 0 Å². The highest BCUT2D eigenvalue weighted by Crippen LogP contribution is 2.42. The summed E-state index contributed by atoms with van der Waals surface area (Å²) in [4.78, 5) is 12.9. The molecule has 7 nitrogen and oxygen atoms in total. The van der Waals surface area contributed by atoms with E-state index in [9.17, 15) is 13.2 Å². The molecule has 0 unspecified atom stereocenters. The van der Waals surface area contributed by atoms with E-state index in [0.29, 0.717) is 56.1 Å². The number of benzene rings is 1. The third-order valence-electron chi connectivity index (χ3n) is 7.28. The van der Waals surface area contributed by atoms with Crippen molar-refractivity contribution in [3.05, 3.63) is 86.2 Å². The molecule has 0 spiro atoms. The maximum Gasteiger partial charge on any atom is 0.737 e. The first-order valence-corrected chi connectivity index (χ1v) is 14.1. The first kappa shape index (κ1) is 25.1. The Morgan fingerprint density at radius 2 is 1.90 bits per heavy atom. The Balaban J connectivity index is 1.52. The first-order chi connectivity index (χ1) is 18.4. The molecule has 0 atom stereocenters. The smallest absolute Gasteiger partial charge is 0.422 e. The van der Waals surface area contributed by atoms with Crippen LogP contribution in [0.2, 0.25) is 0 Å². The summed E-state index contributed by atoms with van der Waals surface area (Å²) >= 11 is 0. The van der Waals surface area contributed by atoms with Gasteiger partial charge in [-0.3, -0.25) is 4.72 Å². The molecule has 0 radical (unpaired) electrons. The van der Waals surface area contributed by atoms with Gasteiger partial charge in [0.1, 0.15) is 11.3 Å². The fraction of sp³-hybridized carbons (Fsp3) is 0.214. The SMILES string of the molecule is CC1=CC(C)=[N+]2C1=C(C=Cc1cc3cc4c(cc3oc1=O)C#CCCS(=O)(=O)N4)c1c(C)cc(C)n1[B-]2(F)F. The van der Waals surface area contributed by atoms with Crippen LogP contribution >= 0.6 is 0 Å². The second-order valence-corrected chi connectivity index (χ2v) is 11.9. The molecular formula is C28H24BF2N3O4S. The third-order valence-corrected chi connectivity index (χ3v) is 8.56. The van der Waals surface area contributed by atoms with Gasteiger partial charge in [0.15, 0.2) is 5.70 Å². The van der Waals surface area contributed by atoms with Gasteiger partial charge in [0, 0.05) is 36.1 Å². The van der Waals surface area contributed by atoms with E-state index >= 15 is 8.63 Å². The van der Waals surface area contributed by atoms with Crippen LogP contribution in [0.5, 0.6) is 0 Å². The average Bonchev–Trinajstić information content (AvgIpc) is 3.31. The highest BCUT2D eigenvalue weighted by molar-refractivity contribution is 7.92. The van der Waals surface area contributed by atoms with E-state index in [4.69, 9.17) is 4.42 Å². The minimum atomic E-state index is -4.10. The number of aryl methyl sites for hydroxylation is 2. The van der Waals surface area contributed by atoms with Gasteiger partial charge in [-0.2, -0.15) is 0 Å². The van der Waals surface area contributed by atoms with Crippen molar-refractivity contribution in [3.63, 3.8) is 0 Å². The van der Waals surface area contributed by atoms with Gasteiger partial charge in [0.2, 0.25) is 10.0 Å². The number of nitrogens with one attached hydrogen (secondary N) is 1. The molecule has 0 fully saturated rings. The van der Waals surface area contributed by atoms with E-state index < -0.39 is 22.6 Å². The zero-order chi connectivity index (χ0) is 27.9. The molecular weight excluding hydrogens is 523 g/mol. The van der Waals surface area contributed by atoms with Crippen LogP contribution in [0.4, 0.5) is 14.3 Å². The van der Waals surface area contributed by atoms with Crippen molar-refractivity contribution in [1.29, 1.82) is 0 Å². The number of halogens is 2. The lowest BCUT2D eigenvalue weighted by Gasteiger charge is -2.33. The van der Waals surface area contributed by atoms with Crippen LogP contribution in [0.3, 0.4) is 0 Å². The summed E-state index contributed by atoms with van der Waals surface area (Å²) in [7, 11) is -3.56. The first-order valence-electron chi connectivity index (χ1n) is 12.4. The van der Waals surface area contributed by atoms with Crippen molar-refractivity contribution >= 4 is 51.0 Å². The molecule has 39 heavy (non-hydrogen) atoms. The van der Waals surface area contributed by atoms with Crippen LogP contribution in [0.25, 0.3) is 22.6 Å². The number of hydrogen-bond acceptors (Lipinski definition) is 4. The number of fused-ring (bicyclic) bond motifs is 4. The number of rotatable bonds is 2. The number of sulfonamides is 1. The highest BCUT2D eigenvalue weighted by atomic mass is 32.2. The molecule has 5 heterocycles. The van der Waals surface area contributed by atoms with Crippen molar-refractivity contribution in [3.8, 4) is 11.8 Å². The Labute approximate surface area is 223 Å². The summed E-state index contributed by atoms with van der Waals surface area (Å²) in [5, 5.41) is 0.493. The minimum Gasteiger partial charge on any atom is -0.422 e. The van der Waals surface area contributed by atoms with Crippen LogP contribution in [0.1, 0.15) is 48.3 Å². The lowest BCUT2D eigenvalue weighted by molar-refractivity contribution is -0.363. The Morgan fingerprint density at radius 1 is 1.13 bits per heavy atom. The number of allylic oxidation sites excluding steroid dienone is 4. The molecule has 198 valence electrons. The minimum absolute atomic E-state index is 0.116. The molecule has 0 saturated carbocycles. The number of nitrogens with zero attached hydrogens (tertiary/aromatic N) is 2. The zero-order valence-electron chi connectivity index (χ0n) is 21.7. The van der Waals surface area contributed by atoms with Gasteiger partial charge in [0.05, 0.1) is 28.1 Å². The summed E-state index contributed by atoms with van der Waals surface area (Å²) in [5.41, 5.74) is 4.24. The molecule has 1 aromatic carbocycles. The summed E-state index contributed by atoms with van der Waals surface area (Å²) in [6.07, 6.45) is 5.15. The highest BCUT2D eigenvalue weighted by Gasteiger charge is 2.54. The van der Waals surface area contributed by atoms with E-state index in [0.717, 1.165) is 8.96 Å². The summed E-state index contributed by atoms with van der Waals surface area (Å²) < 4.78 is 66.5. The van der Waals surface area contributed by atoms with Crippen molar-refractivity contribution in [2.24, 2.45) is 0 Å². The molecule has 11 heteroatoms. The molecule has 0 amide bonds.